The van der Waals surface area contributed by atoms with Crippen molar-refractivity contribution in [1.82, 2.24) is 15.4 Å². The van der Waals surface area contributed by atoms with E-state index in [2.05, 4.69) is 26.8 Å². The summed E-state index contributed by atoms with van der Waals surface area (Å²) in [5.41, 5.74) is 6.26. The zero-order valence-corrected chi connectivity index (χ0v) is 17.2. The third-order valence-corrected chi connectivity index (χ3v) is 5.46. The first kappa shape index (κ1) is 19.0. The smallest absolute Gasteiger partial charge is 0.276 e. The second kappa shape index (κ2) is 7.97. The highest BCUT2D eigenvalue weighted by atomic mass is 79.9. The molecule has 29 heavy (non-hydrogen) atoms. The van der Waals surface area contributed by atoms with Crippen LogP contribution in [0.4, 0.5) is 0 Å². The topological polar surface area (TPSA) is 72.4 Å². The lowest BCUT2D eigenvalue weighted by Gasteiger charge is -2.11. The van der Waals surface area contributed by atoms with Gasteiger partial charge in [-0.2, -0.15) is 0 Å². The summed E-state index contributed by atoms with van der Waals surface area (Å²) < 4.78 is 8.25. The number of rotatable bonds is 4. The first-order valence-corrected chi connectivity index (χ1v) is 9.77. The van der Waals surface area contributed by atoms with E-state index in [9.17, 15) is 9.59 Å². The zero-order chi connectivity index (χ0) is 20.4. The number of nitrogens with one attached hydrogen (secondary N) is 2. The summed E-state index contributed by atoms with van der Waals surface area (Å²) in [5, 5.41) is 2.88. The number of halogens is 1. The molecule has 1 aromatic heterocycles. The van der Waals surface area contributed by atoms with E-state index in [0.717, 1.165) is 26.1 Å². The minimum absolute atomic E-state index is 0.229. The molecule has 0 aliphatic carbocycles. The predicted molar refractivity (Wildman–Crippen MR) is 116 cm³/mol. The van der Waals surface area contributed by atoms with E-state index in [4.69, 9.17) is 4.74 Å². The summed E-state index contributed by atoms with van der Waals surface area (Å²) in [6, 6.07) is 19.2. The second-order valence-corrected chi connectivity index (χ2v) is 7.35. The van der Waals surface area contributed by atoms with Crippen LogP contribution >= 0.6 is 15.9 Å². The van der Waals surface area contributed by atoms with Crippen LogP contribution in [0.15, 0.2) is 71.3 Å². The van der Waals surface area contributed by atoms with Gasteiger partial charge in [0.25, 0.3) is 11.8 Å². The minimum Gasteiger partial charge on any atom is -0.483 e. The summed E-state index contributed by atoms with van der Waals surface area (Å²) >= 11 is 3.52. The normalized spacial score (nSPS) is 10.8. The van der Waals surface area contributed by atoms with Gasteiger partial charge in [0, 0.05) is 24.1 Å². The number of hydrazine groups is 1. The molecular weight excluding hydrogens is 434 g/mol. The lowest BCUT2D eigenvalue weighted by molar-refractivity contribution is -0.123. The number of fused-ring (bicyclic) bond motifs is 2. The maximum Gasteiger partial charge on any atom is 0.276 e. The zero-order valence-electron chi connectivity index (χ0n) is 15.6. The van der Waals surface area contributed by atoms with E-state index in [1.54, 1.807) is 12.3 Å². The quantitative estimate of drug-likeness (QED) is 0.461. The second-order valence-electron chi connectivity index (χ2n) is 6.56. The average molecular weight is 452 g/mol. The van der Waals surface area contributed by atoms with Gasteiger partial charge in [0.1, 0.15) is 5.75 Å². The number of ether oxygens (including phenoxy) is 1. The van der Waals surface area contributed by atoms with Crippen LogP contribution in [0, 0.1) is 0 Å². The maximum absolute atomic E-state index is 12.5. The summed E-state index contributed by atoms with van der Waals surface area (Å²) in [6.07, 6.45) is 1.73. The van der Waals surface area contributed by atoms with E-state index in [-0.39, 0.29) is 12.5 Å². The number of aromatic nitrogens is 1. The molecule has 0 saturated heterocycles. The monoisotopic (exact) mass is 451 g/mol. The highest BCUT2D eigenvalue weighted by molar-refractivity contribution is 9.10. The Balaban J connectivity index is 1.38. The molecule has 0 saturated carbocycles. The molecule has 3 aromatic carbocycles. The van der Waals surface area contributed by atoms with Crippen molar-refractivity contribution < 1.29 is 14.3 Å². The number of benzene rings is 3. The average Bonchev–Trinajstić information content (AvgIpc) is 3.09. The lowest BCUT2D eigenvalue weighted by atomic mass is 10.1. The van der Waals surface area contributed by atoms with E-state index in [1.165, 1.54) is 0 Å². The van der Waals surface area contributed by atoms with Crippen LogP contribution in [0.25, 0.3) is 21.7 Å². The van der Waals surface area contributed by atoms with Gasteiger partial charge in [-0.05, 0) is 38.8 Å². The largest absolute Gasteiger partial charge is 0.483 e. The Labute approximate surface area is 175 Å². The molecule has 0 aliphatic rings. The molecule has 7 heteroatoms. The van der Waals surface area contributed by atoms with Gasteiger partial charge >= 0.3 is 0 Å². The van der Waals surface area contributed by atoms with Gasteiger partial charge < -0.3 is 9.30 Å². The molecule has 0 bridgehead atoms. The number of nitrogens with zero attached hydrogens (tertiary/aromatic N) is 1. The fourth-order valence-electron chi connectivity index (χ4n) is 3.22. The Morgan fingerprint density at radius 1 is 0.966 bits per heavy atom. The molecule has 0 unspecified atom stereocenters. The van der Waals surface area contributed by atoms with Crippen molar-refractivity contribution in [3.63, 3.8) is 0 Å². The van der Waals surface area contributed by atoms with Crippen molar-refractivity contribution in [3.05, 3.63) is 76.9 Å². The van der Waals surface area contributed by atoms with Crippen LogP contribution in [-0.2, 0) is 11.8 Å². The van der Waals surface area contributed by atoms with Gasteiger partial charge in [-0.3, -0.25) is 20.4 Å². The molecule has 0 fully saturated rings. The molecule has 4 aromatic rings. The molecule has 2 amide bonds. The third-order valence-electron chi connectivity index (χ3n) is 4.64. The number of para-hydroxylation sites is 1. The molecule has 1 heterocycles. The van der Waals surface area contributed by atoms with Crippen LogP contribution < -0.4 is 15.6 Å². The SMILES string of the molecule is Cn1cc(C(=O)NNC(=O)COc2ccc3ccccc3c2Br)c2ccccc21. The highest BCUT2D eigenvalue weighted by Crippen LogP contribution is 2.32. The van der Waals surface area contributed by atoms with E-state index in [1.807, 2.05) is 66.2 Å². The number of hydrogen-bond acceptors (Lipinski definition) is 3. The van der Waals surface area contributed by atoms with E-state index >= 15 is 0 Å². The molecule has 0 radical (unpaired) electrons. The number of aryl methyl sites for hydroxylation is 1. The van der Waals surface area contributed by atoms with Crippen LogP contribution in [-0.4, -0.2) is 23.0 Å². The summed E-state index contributed by atoms with van der Waals surface area (Å²) in [5.74, 6) is -0.292. The molecule has 0 aliphatic heterocycles. The molecule has 0 spiro atoms. The first-order valence-electron chi connectivity index (χ1n) is 8.98. The van der Waals surface area contributed by atoms with Gasteiger partial charge in [-0.15, -0.1) is 0 Å². The number of carbonyl (C=O) groups excluding carboxylic acids is 2. The number of hydrogen-bond donors (Lipinski definition) is 2. The highest BCUT2D eigenvalue weighted by Gasteiger charge is 2.15. The van der Waals surface area contributed by atoms with Crippen molar-refractivity contribution in [2.24, 2.45) is 7.05 Å². The van der Waals surface area contributed by atoms with Crippen LogP contribution in [0.3, 0.4) is 0 Å². The Bertz CT molecular complexity index is 1230. The van der Waals surface area contributed by atoms with Gasteiger partial charge in [-0.1, -0.05) is 48.5 Å². The molecule has 2 N–H and O–H groups in total. The van der Waals surface area contributed by atoms with Crippen molar-refractivity contribution >= 4 is 49.4 Å². The molecule has 6 nitrogen and oxygen atoms in total. The Hall–Kier alpha value is -3.32. The van der Waals surface area contributed by atoms with Gasteiger partial charge in [0.2, 0.25) is 0 Å². The molecule has 4 rings (SSSR count). The van der Waals surface area contributed by atoms with E-state index < -0.39 is 5.91 Å². The summed E-state index contributed by atoms with van der Waals surface area (Å²) in [6.45, 7) is -0.229. The standard InChI is InChI=1S/C22H18BrN3O3/c1-26-12-17(16-8-4-5-9-18(16)26)22(28)25-24-20(27)13-29-19-11-10-14-6-2-3-7-15(14)21(19)23/h2-12H,13H2,1H3,(H,24,27)(H,25,28). The van der Waals surface area contributed by atoms with E-state index in [0.29, 0.717) is 11.3 Å². The lowest BCUT2D eigenvalue weighted by Crippen LogP contribution is -2.43. The fourth-order valence-corrected chi connectivity index (χ4v) is 3.83. The van der Waals surface area contributed by atoms with Crippen LogP contribution in [0.5, 0.6) is 5.75 Å². The van der Waals surface area contributed by atoms with Gasteiger partial charge in [0.05, 0.1) is 10.0 Å². The predicted octanol–water partition coefficient (Wildman–Crippen LogP) is 3.93. The summed E-state index contributed by atoms with van der Waals surface area (Å²) in [7, 11) is 1.87. The Morgan fingerprint density at radius 2 is 1.69 bits per heavy atom. The Kier molecular flexibility index (Phi) is 5.22. The number of carbonyl (C=O) groups is 2. The first-order chi connectivity index (χ1) is 14.0. The summed E-state index contributed by atoms with van der Waals surface area (Å²) in [4.78, 5) is 24.6. The maximum atomic E-state index is 12.5. The van der Waals surface area contributed by atoms with Crippen LogP contribution in [0.2, 0.25) is 0 Å². The van der Waals surface area contributed by atoms with Crippen molar-refractivity contribution in [1.29, 1.82) is 0 Å². The Morgan fingerprint density at radius 3 is 2.52 bits per heavy atom. The third kappa shape index (κ3) is 3.82. The van der Waals surface area contributed by atoms with Crippen molar-refractivity contribution in [2.75, 3.05) is 6.61 Å². The number of amides is 2. The molecular formula is C22H18BrN3O3. The van der Waals surface area contributed by atoms with Crippen molar-refractivity contribution in [2.45, 2.75) is 0 Å². The minimum atomic E-state index is -0.460. The van der Waals surface area contributed by atoms with Gasteiger partial charge in [-0.25, -0.2) is 0 Å². The molecule has 146 valence electrons. The van der Waals surface area contributed by atoms with Crippen LogP contribution in [0.1, 0.15) is 10.4 Å². The molecule has 0 atom stereocenters. The fraction of sp³-hybridized carbons (Fsp3) is 0.0909. The van der Waals surface area contributed by atoms with Crippen molar-refractivity contribution in [3.8, 4) is 5.75 Å². The van der Waals surface area contributed by atoms with Gasteiger partial charge in [0.15, 0.2) is 6.61 Å².